The predicted molar refractivity (Wildman–Crippen MR) is 242 cm³/mol. The van der Waals surface area contributed by atoms with Gasteiger partial charge in [-0.1, -0.05) is 170 Å². The monoisotopic (exact) mass is 715 g/mol. The number of para-hydroxylation sites is 1. The first kappa shape index (κ1) is 33.6. The molecule has 0 atom stereocenters. The molecule has 2 aliphatic carbocycles. The summed E-state index contributed by atoms with van der Waals surface area (Å²) in [6.45, 7) is 6.80. The number of allylic oxidation sites excluding steroid dienone is 6. The third kappa shape index (κ3) is 5.81. The second-order valence-corrected chi connectivity index (χ2v) is 14.9. The highest BCUT2D eigenvalue weighted by molar-refractivity contribution is 6.19. The number of nitrogens with zero attached hydrogens (tertiary/aromatic N) is 1. The van der Waals surface area contributed by atoms with E-state index in [4.69, 9.17) is 0 Å². The summed E-state index contributed by atoms with van der Waals surface area (Å²) in [7, 11) is 0. The molecule has 0 N–H and O–H groups in total. The van der Waals surface area contributed by atoms with Crippen LogP contribution in [0.3, 0.4) is 0 Å². The molecule has 8 aromatic carbocycles. The quantitative estimate of drug-likeness (QED) is 0.112. The van der Waals surface area contributed by atoms with Gasteiger partial charge >= 0.3 is 0 Å². The van der Waals surface area contributed by atoms with Gasteiger partial charge in [0, 0.05) is 16.8 Å². The van der Waals surface area contributed by atoms with Crippen molar-refractivity contribution in [3.8, 4) is 0 Å². The third-order valence-corrected chi connectivity index (χ3v) is 11.6. The van der Waals surface area contributed by atoms with Gasteiger partial charge in [-0.05, 0) is 133 Å². The van der Waals surface area contributed by atoms with E-state index in [0.29, 0.717) is 0 Å². The van der Waals surface area contributed by atoms with Crippen LogP contribution in [-0.4, -0.2) is 0 Å². The number of rotatable bonds is 8. The summed E-state index contributed by atoms with van der Waals surface area (Å²) in [4.78, 5) is 2.35. The summed E-state index contributed by atoms with van der Waals surface area (Å²) in [6, 6.07) is 59.5. The molecular weight excluding hydrogens is 675 g/mol. The van der Waals surface area contributed by atoms with Crippen LogP contribution < -0.4 is 4.90 Å². The Hall–Kier alpha value is -6.96. The smallest absolute Gasteiger partial charge is 0.0539 e. The molecule has 10 rings (SSSR count). The van der Waals surface area contributed by atoms with Crippen molar-refractivity contribution in [3.63, 3.8) is 0 Å². The first-order valence-corrected chi connectivity index (χ1v) is 19.6. The third-order valence-electron chi connectivity index (χ3n) is 11.6. The fraction of sp³-hybridized carbons (Fsp3) is 0.0545. The van der Waals surface area contributed by atoms with Crippen LogP contribution in [0, 0.1) is 0 Å². The molecule has 0 aromatic heterocycles. The summed E-state index contributed by atoms with van der Waals surface area (Å²) in [5.41, 5.74) is 16.2. The van der Waals surface area contributed by atoms with Crippen molar-refractivity contribution in [2.24, 2.45) is 0 Å². The molecule has 0 spiro atoms. The fourth-order valence-electron chi connectivity index (χ4n) is 8.94. The Morgan fingerprint density at radius 3 is 1.73 bits per heavy atom. The highest BCUT2D eigenvalue weighted by atomic mass is 15.1. The fourth-order valence-corrected chi connectivity index (χ4v) is 8.94. The first-order chi connectivity index (χ1) is 27.6. The molecular formula is C55H41N. The van der Waals surface area contributed by atoms with Gasteiger partial charge in [0.05, 0.1) is 5.69 Å². The molecule has 0 fully saturated rings. The molecule has 0 heterocycles. The van der Waals surface area contributed by atoms with E-state index in [1.807, 2.05) is 0 Å². The highest BCUT2D eigenvalue weighted by Gasteiger charge is 2.24. The van der Waals surface area contributed by atoms with Gasteiger partial charge < -0.3 is 4.90 Å². The van der Waals surface area contributed by atoms with Crippen molar-refractivity contribution in [2.75, 3.05) is 4.90 Å². The second kappa shape index (κ2) is 14.0. The molecule has 1 heteroatoms. The van der Waals surface area contributed by atoms with Crippen molar-refractivity contribution in [2.45, 2.75) is 19.8 Å². The van der Waals surface area contributed by atoms with Crippen LogP contribution in [0.5, 0.6) is 0 Å². The Morgan fingerprint density at radius 2 is 1.07 bits per heavy atom. The van der Waals surface area contributed by atoms with Gasteiger partial charge in [-0.25, -0.2) is 0 Å². The molecule has 56 heavy (non-hydrogen) atoms. The van der Waals surface area contributed by atoms with E-state index < -0.39 is 0 Å². The molecule has 0 unspecified atom stereocenters. The average Bonchev–Trinajstić information content (AvgIpc) is 3.88. The lowest BCUT2D eigenvalue weighted by Gasteiger charge is -2.27. The lowest BCUT2D eigenvalue weighted by molar-refractivity contribution is 1.21. The van der Waals surface area contributed by atoms with Crippen molar-refractivity contribution in [3.05, 3.63) is 233 Å². The Labute approximate surface area is 329 Å². The maximum atomic E-state index is 4.68. The van der Waals surface area contributed by atoms with E-state index in [9.17, 15) is 0 Å². The number of fused-ring (bicyclic) bond motifs is 5. The van der Waals surface area contributed by atoms with Gasteiger partial charge in [0.2, 0.25) is 0 Å². The molecule has 0 amide bonds. The second-order valence-electron chi connectivity index (χ2n) is 14.9. The highest BCUT2D eigenvalue weighted by Crippen LogP contribution is 2.46. The van der Waals surface area contributed by atoms with Crippen LogP contribution >= 0.6 is 0 Å². The normalized spacial score (nSPS) is 13.6. The van der Waals surface area contributed by atoms with Gasteiger partial charge in [-0.15, -0.1) is 0 Å². The average molecular weight is 716 g/mol. The zero-order chi connectivity index (χ0) is 37.6. The van der Waals surface area contributed by atoms with Crippen molar-refractivity contribution >= 4 is 72.6 Å². The minimum absolute atomic E-state index is 0.919. The van der Waals surface area contributed by atoms with E-state index in [0.717, 1.165) is 41.1 Å². The van der Waals surface area contributed by atoms with E-state index in [1.165, 1.54) is 76.8 Å². The lowest BCUT2D eigenvalue weighted by atomic mass is 9.84. The van der Waals surface area contributed by atoms with Gasteiger partial charge in [0.25, 0.3) is 0 Å². The topological polar surface area (TPSA) is 3.24 Å². The van der Waals surface area contributed by atoms with Crippen molar-refractivity contribution in [1.82, 2.24) is 0 Å². The Balaban J connectivity index is 1.11. The minimum Gasteiger partial charge on any atom is -0.310 e. The van der Waals surface area contributed by atoms with E-state index >= 15 is 0 Å². The molecule has 0 radical (unpaired) electrons. The number of anilines is 2. The molecule has 2 aliphatic rings. The Bertz CT molecular complexity index is 2980. The summed E-state index contributed by atoms with van der Waals surface area (Å²) >= 11 is 0. The van der Waals surface area contributed by atoms with E-state index in [2.05, 4.69) is 213 Å². The van der Waals surface area contributed by atoms with Gasteiger partial charge in [0.15, 0.2) is 0 Å². The van der Waals surface area contributed by atoms with Crippen molar-refractivity contribution in [1.29, 1.82) is 0 Å². The maximum absolute atomic E-state index is 4.68. The van der Waals surface area contributed by atoms with Crippen LogP contribution in [0.2, 0.25) is 0 Å². The van der Waals surface area contributed by atoms with E-state index in [-0.39, 0.29) is 0 Å². The molecule has 0 saturated heterocycles. The van der Waals surface area contributed by atoms with E-state index in [1.54, 1.807) is 0 Å². The molecule has 266 valence electrons. The standard InChI is InChI=1S/C55H41N/c1-3-46(56(47-22-5-4-6-23-47)53-27-15-21-38-16-11-12-24-48(38)53)30-28-37(2)39-29-31-51-52(36-39)55(45-34-42-19-9-10-20-43(42)35-45)50-26-14-13-25-49(50)54(51)44-32-40-17-7-8-18-41(40)33-44/h3-32,34,36H,2,33,35H2,1H3/b30-28-,46-3+. The summed E-state index contributed by atoms with van der Waals surface area (Å²) in [5, 5.41) is 7.59. The molecule has 0 saturated carbocycles. The van der Waals surface area contributed by atoms with Gasteiger partial charge in [-0.3, -0.25) is 0 Å². The summed E-state index contributed by atoms with van der Waals surface area (Å²) in [5.74, 6) is 0. The molecule has 1 nitrogen and oxygen atoms in total. The maximum Gasteiger partial charge on any atom is 0.0539 e. The van der Waals surface area contributed by atoms with Crippen LogP contribution in [0.4, 0.5) is 11.4 Å². The first-order valence-electron chi connectivity index (χ1n) is 19.6. The van der Waals surface area contributed by atoms with Crippen LogP contribution in [0.25, 0.3) is 61.2 Å². The lowest BCUT2D eigenvalue weighted by Crippen LogP contribution is -2.15. The summed E-state index contributed by atoms with van der Waals surface area (Å²) < 4.78 is 0. The predicted octanol–water partition coefficient (Wildman–Crippen LogP) is 14.7. The zero-order valence-corrected chi connectivity index (χ0v) is 31.5. The number of hydrogen-bond donors (Lipinski definition) is 0. The van der Waals surface area contributed by atoms with Crippen molar-refractivity contribution < 1.29 is 0 Å². The summed E-state index contributed by atoms with van der Waals surface area (Å²) in [6.07, 6.45) is 13.2. The number of hydrogen-bond acceptors (Lipinski definition) is 1. The zero-order valence-electron chi connectivity index (χ0n) is 31.5. The molecule has 0 bridgehead atoms. The Morgan fingerprint density at radius 1 is 0.518 bits per heavy atom. The largest absolute Gasteiger partial charge is 0.310 e. The van der Waals surface area contributed by atoms with Crippen LogP contribution in [-0.2, 0) is 12.8 Å². The minimum atomic E-state index is 0.919. The molecule has 0 aliphatic heterocycles. The van der Waals surface area contributed by atoms with Crippen LogP contribution in [0.15, 0.2) is 194 Å². The van der Waals surface area contributed by atoms with Gasteiger partial charge in [-0.2, -0.15) is 0 Å². The van der Waals surface area contributed by atoms with Crippen LogP contribution in [0.1, 0.15) is 45.9 Å². The number of benzene rings is 8. The SMILES string of the molecule is C=C(/C=C\C(=C/C)N(c1ccccc1)c1cccc2ccccc12)c1ccc2c(C3=Cc4ccccc4C3)c3ccccc3c(C3=Cc4ccccc4C3)c2c1. The molecule has 8 aromatic rings. The van der Waals surface area contributed by atoms with Gasteiger partial charge in [0.1, 0.15) is 0 Å². The Kier molecular flexibility index (Phi) is 8.42.